The van der Waals surface area contributed by atoms with E-state index in [1.807, 2.05) is 0 Å². The first-order valence-corrected chi connectivity index (χ1v) is 9.16. The monoisotopic (exact) mass is 373 g/mol. The van der Waals surface area contributed by atoms with E-state index in [4.69, 9.17) is 4.74 Å². The molecule has 0 radical (unpaired) electrons. The molecule has 4 rings (SSSR count). The molecule has 26 heavy (non-hydrogen) atoms. The Kier molecular flexibility index (Phi) is 4.76. The van der Waals surface area contributed by atoms with Gasteiger partial charge in [0.15, 0.2) is 11.6 Å². The fourth-order valence-corrected chi connectivity index (χ4v) is 3.90. The lowest BCUT2D eigenvalue weighted by atomic mass is 10.2. The van der Waals surface area contributed by atoms with Crippen LogP contribution in [-0.4, -0.2) is 48.4 Å². The molecule has 0 aromatic carbocycles. The fourth-order valence-electron chi connectivity index (χ4n) is 3.13. The van der Waals surface area contributed by atoms with Crippen LogP contribution in [0.1, 0.15) is 18.7 Å². The highest BCUT2D eigenvalue weighted by atomic mass is 32.1. The number of anilines is 1. The first-order valence-electron chi connectivity index (χ1n) is 8.39. The van der Waals surface area contributed by atoms with E-state index in [0.29, 0.717) is 24.8 Å². The molecule has 1 unspecified atom stereocenters. The van der Waals surface area contributed by atoms with Gasteiger partial charge in [-0.3, -0.25) is 9.36 Å². The van der Waals surface area contributed by atoms with Gasteiger partial charge < -0.3 is 9.64 Å². The Morgan fingerprint density at radius 2 is 2.31 bits per heavy atom. The third-order valence-corrected chi connectivity index (χ3v) is 5.15. The van der Waals surface area contributed by atoms with Gasteiger partial charge in [-0.05, 0) is 18.9 Å². The molecular weight excluding hydrogens is 354 g/mol. The van der Waals surface area contributed by atoms with Crippen molar-refractivity contribution in [1.29, 1.82) is 0 Å². The molecule has 1 fully saturated rings. The van der Waals surface area contributed by atoms with Gasteiger partial charge in [-0.15, -0.1) is 0 Å². The predicted octanol–water partition coefficient (Wildman–Crippen LogP) is 1.10. The Morgan fingerprint density at radius 1 is 1.38 bits per heavy atom. The maximum absolute atomic E-state index is 12.3. The lowest BCUT2D eigenvalue weighted by molar-refractivity contribution is 0.179. The van der Waals surface area contributed by atoms with Crippen molar-refractivity contribution in [2.75, 3.05) is 18.6 Å². The van der Waals surface area contributed by atoms with Crippen molar-refractivity contribution < 1.29 is 4.74 Å². The van der Waals surface area contributed by atoms with E-state index in [2.05, 4.69) is 24.3 Å². The Hall–Kier alpha value is -2.59. The Morgan fingerprint density at radius 3 is 3.12 bits per heavy atom. The van der Waals surface area contributed by atoms with Crippen LogP contribution in [0.4, 0.5) is 5.13 Å². The maximum atomic E-state index is 12.3. The highest BCUT2D eigenvalue weighted by Gasteiger charge is 2.28. The SMILES string of the molecule is COCc1nsc(N2CCCC2Cn2nc(-n3ccnc3)ccc2=O)n1. The normalized spacial score (nSPS) is 17.1. The second-order valence-corrected chi connectivity index (χ2v) is 6.83. The summed E-state index contributed by atoms with van der Waals surface area (Å²) in [5.74, 6) is 1.36. The molecule has 0 bridgehead atoms. The fraction of sp³-hybridized carbons (Fsp3) is 0.438. The number of hydrogen-bond acceptors (Lipinski definition) is 8. The van der Waals surface area contributed by atoms with Gasteiger partial charge in [0, 0.05) is 43.6 Å². The van der Waals surface area contributed by atoms with E-state index in [-0.39, 0.29) is 11.6 Å². The molecule has 0 saturated carbocycles. The highest BCUT2D eigenvalue weighted by molar-refractivity contribution is 7.09. The van der Waals surface area contributed by atoms with Crippen molar-refractivity contribution in [2.24, 2.45) is 0 Å². The highest BCUT2D eigenvalue weighted by Crippen LogP contribution is 2.27. The van der Waals surface area contributed by atoms with Crippen LogP contribution in [-0.2, 0) is 17.9 Å². The van der Waals surface area contributed by atoms with Gasteiger partial charge in [-0.2, -0.15) is 9.47 Å². The van der Waals surface area contributed by atoms with Crippen molar-refractivity contribution >= 4 is 16.7 Å². The molecule has 3 aromatic heterocycles. The number of nitrogens with zero attached hydrogens (tertiary/aromatic N) is 7. The third kappa shape index (κ3) is 3.37. The zero-order chi connectivity index (χ0) is 17.9. The van der Waals surface area contributed by atoms with Crippen LogP contribution in [0.25, 0.3) is 5.82 Å². The standard InChI is InChI=1S/C16H19N7O2S/c1-25-10-13-18-16(26-20-13)22-7-2-3-12(22)9-23-15(24)5-4-14(19-23)21-8-6-17-11-21/h4-6,8,11-12H,2-3,7,9-10H2,1H3. The predicted molar refractivity (Wildman–Crippen MR) is 96.6 cm³/mol. The van der Waals surface area contributed by atoms with Gasteiger partial charge >= 0.3 is 0 Å². The Labute approximate surface area is 154 Å². The van der Waals surface area contributed by atoms with Gasteiger partial charge in [0.05, 0.1) is 12.6 Å². The minimum absolute atomic E-state index is 0.113. The molecule has 0 aliphatic carbocycles. The summed E-state index contributed by atoms with van der Waals surface area (Å²) >= 11 is 1.37. The van der Waals surface area contributed by atoms with E-state index < -0.39 is 0 Å². The van der Waals surface area contributed by atoms with Crippen molar-refractivity contribution in [1.82, 2.24) is 28.7 Å². The molecule has 1 aliphatic rings. The molecule has 10 heteroatoms. The van der Waals surface area contributed by atoms with Gasteiger partial charge in [-0.1, -0.05) is 0 Å². The van der Waals surface area contributed by atoms with Gasteiger partial charge in [0.25, 0.3) is 5.56 Å². The van der Waals surface area contributed by atoms with Crippen molar-refractivity contribution in [3.63, 3.8) is 0 Å². The lowest BCUT2D eigenvalue weighted by Gasteiger charge is -2.23. The Balaban J connectivity index is 1.56. The average Bonchev–Trinajstić information content (AvgIpc) is 3.38. The minimum atomic E-state index is -0.113. The van der Waals surface area contributed by atoms with Gasteiger partial charge in [0.2, 0.25) is 5.13 Å². The lowest BCUT2D eigenvalue weighted by Crippen LogP contribution is -2.37. The molecule has 4 heterocycles. The van der Waals surface area contributed by atoms with Gasteiger partial charge in [-0.25, -0.2) is 14.6 Å². The van der Waals surface area contributed by atoms with Crippen molar-refractivity contribution in [2.45, 2.75) is 32.0 Å². The molecule has 0 N–H and O–H groups in total. The summed E-state index contributed by atoms with van der Waals surface area (Å²) in [6.07, 6.45) is 7.19. The van der Waals surface area contributed by atoms with Crippen LogP contribution in [0, 0.1) is 0 Å². The molecule has 1 aliphatic heterocycles. The maximum Gasteiger partial charge on any atom is 0.266 e. The van der Waals surface area contributed by atoms with Crippen molar-refractivity contribution in [3.8, 4) is 5.82 Å². The topological polar surface area (TPSA) is 91.0 Å². The number of hydrogen-bond donors (Lipinski definition) is 0. The molecule has 0 amide bonds. The van der Waals surface area contributed by atoms with E-state index in [9.17, 15) is 4.79 Å². The number of ether oxygens (including phenoxy) is 1. The van der Waals surface area contributed by atoms with Gasteiger partial charge in [0.1, 0.15) is 12.9 Å². The summed E-state index contributed by atoms with van der Waals surface area (Å²) in [4.78, 5) is 23.1. The molecule has 0 spiro atoms. The van der Waals surface area contributed by atoms with Crippen LogP contribution in [0.15, 0.2) is 35.6 Å². The van der Waals surface area contributed by atoms with E-state index in [1.54, 1.807) is 42.5 Å². The summed E-state index contributed by atoms with van der Waals surface area (Å²) < 4.78 is 12.7. The largest absolute Gasteiger partial charge is 0.377 e. The molecule has 136 valence electrons. The van der Waals surface area contributed by atoms with Crippen LogP contribution in [0.2, 0.25) is 0 Å². The summed E-state index contributed by atoms with van der Waals surface area (Å²) in [5, 5.41) is 5.36. The summed E-state index contributed by atoms with van der Waals surface area (Å²) in [6.45, 7) is 1.83. The summed E-state index contributed by atoms with van der Waals surface area (Å²) in [5.41, 5.74) is -0.113. The smallest absolute Gasteiger partial charge is 0.266 e. The van der Waals surface area contributed by atoms with Crippen LogP contribution in [0.3, 0.4) is 0 Å². The molecule has 9 nitrogen and oxygen atoms in total. The summed E-state index contributed by atoms with van der Waals surface area (Å²) in [6, 6.07) is 3.42. The molecule has 1 atom stereocenters. The summed E-state index contributed by atoms with van der Waals surface area (Å²) in [7, 11) is 1.63. The van der Waals surface area contributed by atoms with Crippen molar-refractivity contribution in [3.05, 3.63) is 47.0 Å². The molecule has 1 saturated heterocycles. The second kappa shape index (κ2) is 7.34. The first kappa shape index (κ1) is 16.9. The minimum Gasteiger partial charge on any atom is -0.377 e. The zero-order valence-electron chi connectivity index (χ0n) is 14.4. The zero-order valence-corrected chi connectivity index (χ0v) is 15.2. The molecule has 3 aromatic rings. The Bertz CT molecular complexity index is 921. The second-order valence-electron chi connectivity index (χ2n) is 6.10. The number of methoxy groups -OCH3 is 1. The van der Waals surface area contributed by atoms with Crippen LogP contribution < -0.4 is 10.5 Å². The number of aromatic nitrogens is 6. The number of rotatable bonds is 6. The van der Waals surface area contributed by atoms with E-state index in [0.717, 1.165) is 24.5 Å². The van der Waals surface area contributed by atoms with E-state index >= 15 is 0 Å². The van der Waals surface area contributed by atoms with E-state index in [1.165, 1.54) is 16.2 Å². The first-order chi connectivity index (χ1) is 12.7. The van der Waals surface area contributed by atoms with Crippen LogP contribution in [0.5, 0.6) is 0 Å². The molecular formula is C16H19N7O2S. The third-order valence-electron chi connectivity index (χ3n) is 4.36. The quantitative estimate of drug-likeness (QED) is 0.639. The average molecular weight is 373 g/mol. The van der Waals surface area contributed by atoms with Crippen LogP contribution >= 0.6 is 11.5 Å². The number of imidazole rings is 1.